The molecule has 2 aromatic rings. The number of ether oxygens (including phenoxy) is 1. The molecule has 0 radical (unpaired) electrons. The highest BCUT2D eigenvalue weighted by Crippen LogP contribution is 2.65. The highest BCUT2D eigenvalue weighted by molar-refractivity contribution is 6.42. The van der Waals surface area contributed by atoms with Crippen molar-refractivity contribution in [1.82, 2.24) is 10.0 Å². The Labute approximate surface area is 217 Å². The number of allylic oxidation sites excluding steroid dienone is 2. The summed E-state index contributed by atoms with van der Waals surface area (Å²) in [5.41, 5.74) is 0.406. The van der Waals surface area contributed by atoms with E-state index in [0.29, 0.717) is 23.1 Å². The third kappa shape index (κ3) is 3.48. The molecule has 3 amide bonds. The molecule has 3 fully saturated rings. The van der Waals surface area contributed by atoms with Crippen LogP contribution in [0.15, 0.2) is 54.6 Å². The normalized spacial score (nSPS) is 29.1. The van der Waals surface area contributed by atoms with Crippen molar-refractivity contribution < 1.29 is 23.9 Å². The molecule has 2 bridgehead atoms. The van der Waals surface area contributed by atoms with Gasteiger partial charge in [-0.15, -0.1) is 0 Å². The van der Waals surface area contributed by atoms with E-state index >= 15 is 0 Å². The third-order valence-electron chi connectivity index (χ3n) is 7.97. The minimum atomic E-state index is -0.685. The summed E-state index contributed by atoms with van der Waals surface area (Å²) in [6, 6.07) is 10.8. The van der Waals surface area contributed by atoms with Crippen molar-refractivity contribution in [2.45, 2.75) is 6.42 Å². The number of rotatable bonds is 6. The summed E-state index contributed by atoms with van der Waals surface area (Å²) in [5, 5.41) is 2.29. The van der Waals surface area contributed by atoms with Crippen LogP contribution in [0.4, 0.5) is 0 Å². The molecule has 7 nitrogen and oxygen atoms in total. The van der Waals surface area contributed by atoms with Crippen LogP contribution in [0.2, 0.25) is 10.0 Å². The minimum Gasteiger partial charge on any atom is -0.497 e. The number of halogens is 2. The molecule has 1 aliphatic heterocycles. The number of benzene rings is 2. The smallest absolute Gasteiger partial charge is 0.273 e. The van der Waals surface area contributed by atoms with Crippen LogP contribution in [0.5, 0.6) is 5.75 Å². The average molecular weight is 525 g/mol. The van der Waals surface area contributed by atoms with Crippen molar-refractivity contribution in [2.75, 3.05) is 13.7 Å². The summed E-state index contributed by atoms with van der Waals surface area (Å²) in [5.74, 6) is -1.72. The first-order chi connectivity index (χ1) is 17.3. The maximum Gasteiger partial charge on any atom is 0.273 e. The Bertz CT molecular complexity index is 1320. The van der Waals surface area contributed by atoms with E-state index in [4.69, 9.17) is 27.9 Å². The summed E-state index contributed by atoms with van der Waals surface area (Å²) in [7, 11) is 1.49. The molecule has 2 saturated carbocycles. The van der Waals surface area contributed by atoms with E-state index in [1.807, 2.05) is 0 Å². The molecule has 5 aliphatic rings. The Kier molecular flexibility index (Phi) is 5.46. The Morgan fingerprint density at radius 2 is 1.61 bits per heavy atom. The average Bonchev–Trinajstić information content (AvgIpc) is 3.67. The van der Waals surface area contributed by atoms with Gasteiger partial charge < -0.3 is 4.74 Å². The highest BCUT2D eigenvalue weighted by atomic mass is 35.5. The number of imide groups is 1. The van der Waals surface area contributed by atoms with Crippen molar-refractivity contribution in [3.05, 3.63) is 75.8 Å². The maximum atomic E-state index is 13.7. The molecular weight excluding hydrogens is 503 g/mol. The number of nitrogens with zero attached hydrogens (tertiary/aromatic N) is 2. The predicted octanol–water partition coefficient (Wildman–Crippen LogP) is 4.30. The molecule has 1 heterocycles. The monoisotopic (exact) mass is 524 g/mol. The van der Waals surface area contributed by atoms with Gasteiger partial charge in [0, 0.05) is 11.1 Å². The molecule has 9 heteroatoms. The van der Waals surface area contributed by atoms with E-state index < -0.39 is 41.9 Å². The van der Waals surface area contributed by atoms with Gasteiger partial charge in [-0.3, -0.25) is 19.2 Å². The SMILES string of the molecule is COc1cccc(C(=O)CN(C(=O)c2ccc(Cl)c(Cl)c2)N2C(=O)[C@@H]3[C@H]4C=C[C@H]([C@@H]5C[C@H]45)[C@@H]3C2=O)c1. The van der Waals surface area contributed by atoms with Gasteiger partial charge in [0.25, 0.3) is 17.7 Å². The molecule has 0 N–H and O–H groups in total. The van der Waals surface area contributed by atoms with E-state index in [1.54, 1.807) is 24.3 Å². The Balaban J connectivity index is 1.37. The number of hydrogen-bond acceptors (Lipinski definition) is 5. The highest BCUT2D eigenvalue weighted by Gasteiger charge is 2.68. The Morgan fingerprint density at radius 1 is 0.944 bits per heavy atom. The van der Waals surface area contributed by atoms with Crippen molar-refractivity contribution in [2.24, 2.45) is 35.5 Å². The van der Waals surface area contributed by atoms with Gasteiger partial charge in [-0.1, -0.05) is 47.5 Å². The first-order valence-electron chi connectivity index (χ1n) is 11.8. The number of methoxy groups -OCH3 is 1. The number of hydrogen-bond donors (Lipinski definition) is 0. The third-order valence-corrected chi connectivity index (χ3v) is 8.71. The van der Waals surface area contributed by atoms with Crippen LogP contribution in [0.3, 0.4) is 0 Å². The summed E-state index contributed by atoms with van der Waals surface area (Å²) >= 11 is 12.2. The molecule has 0 spiro atoms. The first kappa shape index (κ1) is 23.3. The lowest BCUT2D eigenvalue weighted by atomic mass is 9.63. The minimum absolute atomic E-state index is 0.0116. The zero-order valence-electron chi connectivity index (χ0n) is 19.3. The van der Waals surface area contributed by atoms with Crippen molar-refractivity contribution in [1.29, 1.82) is 0 Å². The molecule has 6 atom stereocenters. The summed E-state index contributed by atoms with van der Waals surface area (Å²) < 4.78 is 5.21. The van der Waals surface area contributed by atoms with Crippen LogP contribution < -0.4 is 4.74 Å². The fourth-order valence-corrected chi connectivity index (χ4v) is 6.51. The van der Waals surface area contributed by atoms with Crippen molar-refractivity contribution >= 4 is 46.7 Å². The van der Waals surface area contributed by atoms with E-state index in [1.165, 1.54) is 25.3 Å². The van der Waals surface area contributed by atoms with Gasteiger partial charge in [0.15, 0.2) is 5.78 Å². The molecule has 0 aromatic heterocycles. The lowest BCUT2D eigenvalue weighted by Crippen LogP contribution is -2.52. The molecule has 0 unspecified atom stereocenters. The zero-order chi connectivity index (χ0) is 25.3. The topological polar surface area (TPSA) is 84.0 Å². The molecule has 7 rings (SSSR count). The number of carbonyl (C=O) groups is 4. The summed E-state index contributed by atoms with van der Waals surface area (Å²) in [6.07, 6.45) is 5.14. The molecule has 2 aromatic carbocycles. The number of carbonyl (C=O) groups excluding carboxylic acids is 4. The number of Topliss-reactive ketones (excluding diaryl/α,β-unsaturated/α-hetero) is 1. The second-order valence-corrected chi connectivity index (χ2v) is 10.6. The Hall–Kier alpha value is -3.16. The van der Waals surface area contributed by atoms with Crippen molar-refractivity contribution in [3.63, 3.8) is 0 Å². The van der Waals surface area contributed by atoms with Crippen LogP contribution in [-0.2, 0) is 9.59 Å². The van der Waals surface area contributed by atoms with Gasteiger partial charge in [0.05, 0.1) is 29.0 Å². The largest absolute Gasteiger partial charge is 0.497 e. The van der Waals surface area contributed by atoms with Gasteiger partial charge in [-0.2, -0.15) is 5.01 Å². The van der Waals surface area contributed by atoms with Gasteiger partial charge >= 0.3 is 0 Å². The second kappa shape index (κ2) is 8.46. The van der Waals surface area contributed by atoms with Crippen LogP contribution in [0, 0.1) is 35.5 Å². The summed E-state index contributed by atoms with van der Waals surface area (Å²) in [6.45, 7) is -0.501. The van der Waals surface area contributed by atoms with E-state index in [2.05, 4.69) is 12.2 Å². The van der Waals surface area contributed by atoms with Gasteiger partial charge in [0.2, 0.25) is 0 Å². The molecule has 1 saturated heterocycles. The van der Waals surface area contributed by atoms with Crippen LogP contribution in [0.1, 0.15) is 27.1 Å². The van der Waals surface area contributed by atoms with E-state index in [9.17, 15) is 19.2 Å². The molecule has 36 heavy (non-hydrogen) atoms. The second-order valence-electron chi connectivity index (χ2n) is 9.79. The van der Waals surface area contributed by atoms with Gasteiger partial charge in [-0.25, -0.2) is 5.01 Å². The molecular formula is C27H22Cl2N2O5. The van der Waals surface area contributed by atoms with Gasteiger partial charge in [-0.05, 0) is 60.4 Å². The fraction of sp³-hybridized carbons (Fsp3) is 0.333. The van der Waals surface area contributed by atoms with Crippen LogP contribution >= 0.6 is 23.2 Å². The van der Waals surface area contributed by atoms with Crippen LogP contribution in [-0.4, -0.2) is 47.2 Å². The first-order valence-corrected chi connectivity index (χ1v) is 12.6. The predicted molar refractivity (Wildman–Crippen MR) is 131 cm³/mol. The lowest BCUT2D eigenvalue weighted by Gasteiger charge is -2.37. The van der Waals surface area contributed by atoms with Crippen molar-refractivity contribution in [3.8, 4) is 5.75 Å². The standard InChI is InChI=1S/C27H22Cl2N2O5/c1-36-15-4-2-3-13(9-15)22(32)12-30(25(33)14-5-8-20(28)21(29)10-14)31-26(34)23-16-6-7-17(19-11-18(16)19)24(23)27(31)35/h2-10,16-19,23-24H,11-12H2,1H3/t16-,17+,18+,19-,23+,24-. The van der Waals surface area contributed by atoms with Gasteiger partial charge in [0.1, 0.15) is 12.3 Å². The van der Waals surface area contributed by atoms with E-state index in [0.717, 1.165) is 16.4 Å². The number of amides is 3. The number of hydrazine groups is 1. The van der Waals surface area contributed by atoms with Crippen LogP contribution in [0.25, 0.3) is 0 Å². The van der Waals surface area contributed by atoms with E-state index in [-0.39, 0.29) is 27.4 Å². The number of ketones is 1. The molecule has 184 valence electrons. The Morgan fingerprint density at radius 3 is 2.22 bits per heavy atom. The fourth-order valence-electron chi connectivity index (χ4n) is 6.21. The lowest BCUT2D eigenvalue weighted by molar-refractivity contribution is -0.154. The maximum absolute atomic E-state index is 13.7. The summed E-state index contributed by atoms with van der Waals surface area (Å²) in [4.78, 5) is 54.5. The zero-order valence-corrected chi connectivity index (χ0v) is 20.8. The molecule has 4 aliphatic carbocycles. The quantitative estimate of drug-likeness (QED) is 0.319.